The predicted octanol–water partition coefficient (Wildman–Crippen LogP) is 2.16. The van der Waals surface area contributed by atoms with Gasteiger partial charge in [0.2, 0.25) is 0 Å². The van der Waals surface area contributed by atoms with E-state index in [-0.39, 0.29) is 0 Å². The summed E-state index contributed by atoms with van der Waals surface area (Å²) in [5, 5.41) is 0. The van der Waals surface area contributed by atoms with Crippen molar-refractivity contribution in [2.45, 2.75) is 26.7 Å². The molecule has 1 nitrogen and oxygen atoms in total. The van der Waals surface area contributed by atoms with Gasteiger partial charge in [0, 0.05) is 36.9 Å². The van der Waals surface area contributed by atoms with Crippen molar-refractivity contribution in [3.8, 4) is 59.3 Å². The SMILES string of the molecule is [CH2-]C#CC#CC#CC#CC#CN1CCC(C(C)C)CC1. The summed E-state index contributed by atoms with van der Waals surface area (Å²) in [6.45, 7) is 10.0. The zero-order valence-corrected chi connectivity index (χ0v) is 12.1. The summed E-state index contributed by atoms with van der Waals surface area (Å²) in [7, 11) is 0. The van der Waals surface area contributed by atoms with Gasteiger partial charge in [-0.25, -0.2) is 5.92 Å². The molecule has 0 atom stereocenters. The molecule has 0 radical (unpaired) electrons. The molecule has 1 rings (SSSR count). The van der Waals surface area contributed by atoms with Crippen molar-refractivity contribution in [2.24, 2.45) is 11.8 Å². The Morgan fingerprint density at radius 2 is 1.35 bits per heavy atom. The summed E-state index contributed by atoms with van der Waals surface area (Å²) >= 11 is 0. The zero-order valence-electron chi connectivity index (χ0n) is 12.1. The van der Waals surface area contributed by atoms with Crippen molar-refractivity contribution < 1.29 is 0 Å². The Hall–Kier alpha value is -2.53. The van der Waals surface area contributed by atoms with Crippen LogP contribution in [0.15, 0.2) is 0 Å². The van der Waals surface area contributed by atoms with Gasteiger partial charge in [-0.2, -0.15) is 6.92 Å². The molecule has 1 aliphatic rings. The molecule has 0 N–H and O–H groups in total. The summed E-state index contributed by atoms with van der Waals surface area (Å²) in [6.07, 6.45) is 2.45. The fraction of sp³-hybridized carbons (Fsp3) is 0.421. The maximum absolute atomic E-state index is 3.34. The summed E-state index contributed by atoms with van der Waals surface area (Å²) in [5.41, 5.74) is 0. The van der Waals surface area contributed by atoms with Crippen molar-refractivity contribution >= 4 is 0 Å². The molecule has 20 heavy (non-hydrogen) atoms. The van der Waals surface area contributed by atoms with Crippen molar-refractivity contribution in [3.05, 3.63) is 6.92 Å². The molecule has 1 fully saturated rings. The number of piperidine rings is 1. The van der Waals surface area contributed by atoms with E-state index in [1.54, 1.807) is 0 Å². The molecule has 1 saturated heterocycles. The van der Waals surface area contributed by atoms with Gasteiger partial charge in [-0.15, -0.1) is 5.92 Å². The fourth-order valence-electron chi connectivity index (χ4n) is 2.02. The van der Waals surface area contributed by atoms with E-state index < -0.39 is 0 Å². The van der Waals surface area contributed by atoms with Gasteiger partial charge in [-0.1, -0.05) is 13.8 Å². The lowest BCUT2D eigenvalue weighted by molar-refractivity contribution is 0.212. The molecule has 1 aliphatic heterocycles. The van der Waals surface area contributed by atoms with Gasteiger partial charge in [-0.05, 0) is 42.4 Å². The van der Waals surface area contributed by atoms with Crippen LogP contribution in [0.4, 0.5) is 0 Å². The van der Waals surface area contributed by atoms with E-state index in [1.807, 2.05) is 0 Å². The highest BCUT2D eigenvalue weighted by Gasteiger charge is 2.19. The van der Waals surface area contributed by atoms with E-state index >= 15 is 0 Å². The van der Waals surface area contributed by atoms with Crippen molar-refractivity contribution in [1.82, 2.24) is 4.90 Å². The first-order valence-corrected chi connectivity index (χ1v) is 6.76. The summed E-state index contributed by atoms with van der Waals surface area (Å²) in [4.78, 5) is 2.14. The third-order valence-corrected chi connectivity index (χ3v) is 3.22. The molecule has 0 unspecified atom stereocenters. The summed E-state index contributed by atoms with van der Waals surface area (Å²) in [5.74, 6) is 25.0. The van der Waals surface area contributed by atoms with Crippen LogP contribution in [0.2, 0.25) is 0 Å². The lowest BCUT2D eigenvalue weighted by Crippen LogP contribution is -2.31. The van der Waals surface area contributed by atoms with Crippen LogP contribution in [-0.4, -0.2) is 18.0 Å². The molecule has 100 valence electrons. The minimum absolute atomic E-state index is 0.773. The van der Waals surface area contributed by atoms with E-state index in [1.165, 1.54) is 12.8 Å². The number of rotatable bonds is 1. The lowest BCUT2D eigenvalue weighted by atomic mass is 9.87. The highest BCUT2D eigenvalue weighted by molar-refractivity contribution is 5.42. The first kappa shape index (κ1) is 15.5. The Balaban J connectivity index is 2.38. The van der Waals surface area contributed by atoms with Gasteiger partial charge in [0.25, 0.3) is 0 Å². The van der Waals surface area contributed by atoms with Crippen LogP contribution in [0, 0.1) is 78.1 Å². The molecule has 0 bridgehead atoms. The Labute approximate surface area is 123 Å². The Bertz CT molecular complexity index is 604. The number of hydrogen-bond acceptors (Lipinski definition) is 1. The number of nitrogens with zero attached hydrogens (tertiary/aromatic N) is 1. The fourth-order valence-corrected chi connectivity index (χ4v) is 2.02. The third kappa shape index (κ3) is 6.42. The van der Waals surface area contributed by atoms with Crippen LogP contribution in [0.25, 0.3) is 0 Å². The second-order valence-corrected chi connectivity index (χ2v) is 4.86. The van der Waals surface area contributed by atoms with Gasteiger partial charge in [0.1, 0.15) is 0 Å². The Morgan fingerprint density at radius 1 is 0.850 bits per heavy atom. The van der Waals surface area contributed by atoms with Crippen LogP contribution >= 0.6 is 0 Å². The van der Waals surface area contributed by atoms with Gasteiger partial charge < -0.3 is 4.90 Å². The molecule has 0 spiro atoms. The second kappa shape index (κ2) is 9.41. The quantitative estimate of drug-likeness (QED) is 0.516. The van der Waals surface area contributed by atoms with Crippen molar-refractivity contribution in [3.63, 3.8) is 0 Å². The average Bonchev–Trinajstić information content (AvgIpc) is 2.46. The largest absolute Gasteiger partial charge is 0.332 e. The summed E-state index contributed by atoms with van der Waals surface area (Å²) < 4.78 is 0. The first-order chi connectivity index (χ1) is 9.74. The normalized spacial score (nSPS) is 13.1. The van der Waals surface area contributed by atoms with Crippen LogP contribution in [0.3, 0.4) is 0 Å². The smallest absolute Gasteiger partial charge is 0.0263 e. The van der Waals surface area contributed by atoms with Crippen LogP contribution in [0.1, 0.15) is 26.7 Å². The third-order valence-electron chi connectivity index (χ3n) is 3.22. The molecule has 0 saturated carbocycles. The standard InChI is InChI=1S/C19H18N/c1-4-5-6-7-8-9-10-11-12-15-20-16-13-19(14-17-20)18(2)3/h18-19H,1,13-14,16-17H2,2-3H3/q-1. The Morgan fingerprint density at radius 3 is 1.85 bits per heavy atom. The van der Waals surface area contributed by atoms with Crippen molar-refractivity contribution in [2.75, 3.05) is 13.1 Å². The minimum Gasteiger partial charge on any atom is -0.332 e. The van der Waals surface area contributed by atoms with Gasteiger partial charge in [-0.3, -0.25) is 5.92 Å². The molecule has 1 heteroatoms. The maximum atomic E-state index is 3.34. The second-order valence-electron chi connectivity index (χ2n) is 4.86. The van der Waals surface area contributed by atoms with Gasteiger partial charge in [0.15, 0.2) is 0 Å². The van der Waals surface area contributed by atoms with Crippen LogP contribution in [0.5, 0.6) is 0 Å². The van der Waals surface area contributed by atoms with E-state index in [2.05, 4.69) is 85.0 Å². The maximum Gasteiger partial charge on any atom is 0.0263 e. The molecule has 1 heterocycles. The molecule has 0 aromatic carbocycles. The van der Waals surface area contributed by atoms with E-state index in [0.717, 1.165) is 24.9 Å². The first-order valence-electron chi connectivity index (χ1n) is 6.76. The van der Waals surface area contributed by atoms with Gasteiger partial charge >= 0.3 is 0 Å². The molecule has 0 aromatic heterocycles. The zero-order chi connectivity index (χ0) is 14.6. The van der Waals surface area contributed by atoms with Gasteiger partial charge in [0.05, 0.1) is 0 Å². The van der Waals surface area contributed by atoms with Crippen molar-refractivity contribution in [1.29, 1.82) is 0 Å². The van der Waals surface area contributed by atoms with E-state index in [4.69, 9.17) is 0 Å². The average molecular weight is 260 g/mol. The number of hydrogen-bond donors (Lipinski definition) is 0. The summed E-state index contributed by atoms with van der Waals surface area (Å²) in [6, 6.07) is 3.07. The van der Waals surface area contributed by atoms with Crippen LogP contribution in [-0.2, 0) is 0 Å². The molecule has 0 aromatic rings. The molecular formula is C19H18N-. The molecule has 0 aliphatic carbocycles. The predicted molar refractivity (Wildman–Crippen MR) is 83.4 cm³/mol. The van der Waals surface area contributed by atoms with Crippen LogP contribution < -0.4 is 0 Å². The topological polar surface area (TPSA) is 3.24 Å². The van der Waals surface area contributed by atoms with E-state index in [0.29, 0.717) is 0 Å². The monoisotopic (exact) mass is 260 g/mol. The highest BCUT2D eigenvalue weighted by atomic mass is 15.1. The minimum atomic E-state index is 0.773. The molecule has 0 amide bonds. The molecular weight excluding hydrogens is 242 g/mol. The van der Waals surface area contributed by atoms with E-state index in [9.17, 15) is 0 Å². The lowest BCUT2D eigenvalue weighted by Gasteiger charge is -2.31. The Kier molecular flexibility index (Phi) is 7.30. The highest BCUT2D eigenvalue weighted by Crippen LogP contribution is 2.23. The number of likely N-dealkylation sites (tertiary alicyclic amines) is 1.